The average Bonchev–Trinajstić information content (AvgIpc) is 3.26. The molecule has 0 aromatic carbocycles. The highest BCUT2D eigenvalue weighted by atomic mass is 32.1. The van der Waals surface area contributed by atoms with Crippen molar-refractivity contribution < 1.29 is 28.9 Å². The molecule has 196 valence electrons. The summed E-state index contributed by atoms with van der Waals surface area (Å²) in [6, 6.07) is 0. The SMILES string of the molecule is C/C1=C/C[C@@H](/C(F)=C/c2csc(CN)n2)OC(=O)C[C@H](O)C(C)(C)C(=O)[C@H](C)[C@@H](O)[C@@H](C)CCC1. The number of cyclic esters (lactones) is 1. The van der Waals surface area contributed by atoms with E-state index in [0.29, 0.717) is 17.1 Å². The first kappa shape index (κ1) is 29.3. The summed E-state index contributed by atoms with van der Waals surface area (Å²) in [6.45, 7) is 8.83. The van der Waals surface area contributed by atoms with Gasteiger partial charge in [0.1, 0.15) is 16.6 Å². The average molecular weight is 511 g/mol. The number of rotatable bonds is 3. The molecule has 1 aromatic rings. The lowest BCUT2D eigenvalue weighted by molar-refractivity contribution is -0.154. The number of aliphatic hydroxyl groups excluding tert-OH is 2. The number of nitrogens with two attached hydrogens (primary N) is 1. The number of ether oxygens (including phenoxy) is 1. The summed E-state index contributed by atoms with van der Waals surface area (Å²) >= 11 is 1.32. The number of ketones is 1. The highest BCUT2D eigenvalue weighted by molar-refractivity contribution is 7.09. The van der Waals surface area contributed by atoms with Gasteiger partial charge in [-0.3, -0.25) is 9.59 Å². The fraction of sp³-hybridized carbons (Fsp3) is 0.654. The molecule has 0 fully saturated rings. The summed E-state index contributed by atoms with van der Waals surface area (Å²) in [4.78, 5) is 30.0. The molecule has 7 nitrogen and oxygen atoms in total. The second kappa shape index (κ2) is 12.9. The van der Waals surface area contributed by atoms with Crippen molar-refractivity contribution in [1.29, 1.82) is 0 Å². The standard InChI is InChI=1S/C26H39FN2O5S/c1-15-7-6-8-16(2)24(32)17(3)25(33)26(4,5)21(30)12-23(31)34-20(10-9-15)19(27)11-18-14-35-22(13-28)29-18/h9,11,14,16-17,20-21,24,30,32H,6-8,10,12-13,28H2,1-5H3/b15-9-,19-11-/t16-,17+,20-,21-,24-/m0/s1. The number of Topliss-reactive ketones (excluding diaryl/α,β-unsaturated/α-hetero) is 1. The minimum atomic E-state index is -1.35. The Morgan fingerprint density at radius 1 is 1.34 bits per heavy atom. The number of carbonyl (C=O) groups excluding carboxylic acids is 2. The zero-order valence-corrected chi connectivity index (χ0v) is 22.1. The second-order valence-corrected chi connectivity index (χ2v) is 11.1. The van der Waals surface area contributed by atoms with E-state index < -0.39 is 47.9 Å². The van der Waals surface area contributed by atoms with Gasteiger partial charge < -0.3 is 20.7 Å². The molecule has 9 heteroatoms. The molecule has 5 atom stereocenters. The second-order valence-electron chi connectivity index (χ2n) is 10.1. The summed E-state index contributed by atoms with van der Waals surface area (Å²) in [6.07, 6.45) is 1.58. The first-order chi connectivity index (χ1) is 16.4. The Kier molecular flexibility index (Phi) is 10.8. The Morgan fingerprint density at radius 2 is 2.03 bits per heavy atom. The van der Waals surface area contributed by atoms with Crippen LogP contribution in [0.5, 0.6) is 0 Å². The summed E-state index contributed by atoms with van der Waals surface area (Å²) in [5, 5.41) is 23.8. The third-order valence-electron chi connectivity index (χ3n) is 6.86. The van der Waals surface area contributed by atoms with E-state index in [-0.39, 0.29) is 24.7 Å². The smallest absolute Gasteiger partial charge is 0.309 e. The monoisotopic (exact) mass is 510 g/mol. The van der Waals surface area contributed by atoms with E-state index in [4.69, 9.17) is 10.5 Å². The van der Waals surface area contributed by atoms with Gasteiger partial charge in [-0.15, -0.1) is 11.3 Å². The molecule has 2 rings (SSSR count). The number of aliphatic hydroxyl groups is 2. The molecule has 0 bridgehead atoms. The normalized spacial score (nSPS) is 31.5. The van der Waals surface area contributed by atoms with Crippen molar-refractivity contribution in [3.05, 3.63) is 33.6 Å². The van der Waals surface area contributed by atoms with Gasteiger partial charge in [0, 0.05) is 30.3 Å². The van der Waals surface area contributed by atoms with Gasteiger partial charge in [0.25, 0.3) is 0 Å². The zero-order chi connectivity index (χ0) is 26.3. The highest BCUT2D eigenvalue weighted by Gasteiger charge is 2.42. The van der Waals surface area contributed by atoms with E-state index in [1.165, 1.54) is 17.4 Å². The lowest BCUT2D eigenvalue weighted by Gasteiger charge is -2.34. The van der Waals surface area contributed by atoms with Gasteiger partial charge >= 0.3 is 5.97 Å². The van der Waals surface area contributed by atoms with Crippen LogP contribution in [0.1, 0.15) is 77.4 Å². The predicted molar refractivity (Wildman–Crippen MR) is 135 cm³/mol. The minimum Gasteiger partial charge on any atom is -0.455 e. The van der Waals surface area contributed by atoms with Crippen LogP contribution in [0.2, 0.25) is 0 Å². The Bertz CT molecular complexity index is 942. The number of carbonyl (C=O) groups is 2. The molecule has 35 heavy (non-hydrogen) atoms. The van der Waals surface area contributed by atoms with E-state index >= 15 is 4.39 Å². The first-order valence-electron chi connectivity index (χ1n) is 12.1. The Labute approximate surface area is 211 Å². The summed E-state index contributed by atoms with van der Waals surface area (Å²) in [5.41, 5.74) is 5.69. The molecule has 0 radical (unpaired) electrons. The molecule has 1 aromatic heterocycles. The topological polar surface area (TPSA) is 123 Å². The van der Waals surface area contributed by atoms with Crippen molar-refractivity contribution in [2.75, 3.05) is 0 Å². The van der Waals surface area contributed by atoms with Gasteiger partial charge in [0.15, 0.2) is 6.10 Å². The van der Waals surface area contributed by atoms with Gasteiger partial charge in [-0.25, -0.2) is 9.37 Å². The van der Waals surface area contributed by atoms with Crippen molar-refractivity contribution in [2.45, 2.75) is 91.6 Å². The zero-order valence-electron chi connectivity index (χ0n) is 21.3. The molecule has 4 N–H and O–H groups in total. The number of allylic oxidation sites excluding steroid dienone is 1. The largest absolute Gasteiger partial charge is 0.455 e. The molecular weight excluding hydrogens is 471 g/mol. The molecule has 0 amide bonds. The highest BCUT2D eigenvalue weighted by Crippen LogP contribution is 2.32. The van der Waals surface area contributed by atoms with Crippen LogP contribution in [0, 0.1) is 17.3 Å². The molecule has 0 unspecified atom stereocenters. The quantitative estimate of drug-likeness (QED) is 0.409. The van der Waals surface area contributed by atoms with Crippen LogP contribution in [0.25, 0.3) is 6.08 Å². The molecule has 1 aliphatic heterocycles. The van der Waals surface area contributed by atoms with Crippen LogP contribution in [0.4, 0.5) is 4.39 Å². The van der Waals surface area contributed by atoms with E-state index in [2.05, 4.69) is 4.98 Å². The van der Waals surface area contributed by atoms with Crippen molar-refractivity contribution in [3.63, 3.8) is 0 Å². The lowest BCUT2D eigenvalue weighted by atomic mass is 9.73. The Balaban J connectivity index is 2.33. The number of halogens is 1. The number of thiazole rings is 1. The number of hydrogen-bond acceptors (Lipinski definition) is 8. The van der Waals surface area contributed by atoms with Crippen LogP contribution in [-0.4, -0.2) is 45.3 Å². The van der Waals surface area contributed by atoms with E-state index in [1.807, 2.05) is 19.9 Å². The van der Waals surface area contributed by atoms with Crippen LogP contribution < -0.4 is 5.73 Å². The van der Waals surface area contributed by atoms with Crippen molar-refractivity contribution >= 4 is 29.2 Å². The van der Waals surface area contributed by atoms with Gasteiger partial charge in [-0.1, -0.05) is 39.3 Å². The first-order valence-corrected chi connectivity index (χ1v) is 13.0. The Hall–Kier alpha value is -1.94. The van der Waals surface area contributed by atoms with Crippen LogP contribution in [0.3, 0.4) is 0 Å². The van der Waals surface area contributed by atoms with E-state index in [1.54, 1.807) is 26.2 Å². The maximum atomic E-state index is 15.2. The lowest BCUT2D eigenvalue weighted by Crippen LogP contribution is -2.45. The number of esters is 1. The fourth-order valence-corrected chi connectivity index (χ4v) is 4.87. The molecule has 1 aliphatic rings. The molecule has 0 aliphatic carbocycles. The molecular formula is C26H39FN2O5S. The number of aromatic nitrogens is 1. The van der Waals surface area contributed by atoms with Gasteiger partial charge in [0.2, 0.25) is 0 Å². The molecule has 0 saturated heterocycles. The molecule has 0 saturated carbocycles. The van der Waals surface area contributed by atoms with Crippen molar-refractivity contribution in [2.24, 2.45) is 23.0 Å². The fourth-order valence-electron chi connectivity index (χ4n) is 4.24. The van der Waals surface area contributed by atoms with E-state index in [0.717, 1.165) is 18.4 Å². The maximum Gasteiger partial charge on any atom is 0.309 e. The molecule has 2 heterocycles. The summed E-state index contributed by atoms with van der Waals surface area (Å²) < 4.78 is 20.6. The summed E-state index contributed by atoms with van der Waals surface area (Å²) in [5.74, 6) is -2.63. The number of hydrogen-bond donors (Lipinski definition) is 3. The molecule has 0 spiro atoms. The summed E-state index contributed by atoms with van der Waals surface area (Å²) in [7, 11) is 0. The van der Waals surface area contributed by atoms with Crippen LogP contribution in [-0.2, 0) is 20.9 Å². The van der Waals surface area contributed by atoms with Gasteiger partial charge in [-0.2, -0.15) is 0 Å². The van der Waals surface area contributed by atoms with Crippen LogP contribution in [0.15, 0.2) is 22.9 Å². The third-order valence-corrected chi connectivity index (χ3v) is 7.75. The van der Waals surface area contributed by atoms with Crippen molar-refractivity contribution in [1.82, 2.24) is 4.98 Å². The number of nitrogens with zero attached hydrogens (tertiary/aromatic N) is 1. The maximum absolute atomic E-state index is 15.2. The third kappa shape index (κ3) is 8.03. The van der Waals surface area contributed by atoms with E-state index in [9.17, 15) is 19.8 Å². The van der Waals surface area contributed by atoms with Crippen LogP contribution >= 0.6 is 11.3 Å². The van der Waals surface area contributed by atoms with Gasteiger partial charge in [-0.05, 0) is 32.1 Å². The van der Waals surface area contributed by atoms with Crippen molar-refractivity contribution in [3.8, 4) is 0 Å². The minimum absolute atomic E-state index is 0.114. The predicted octanol–water partition coefficient (Wildman–Crippen LogP) is 4.32. The Morgan fingerprint density at radius 3 is 2.66 bits per heavy atom. The van der Waals surface area contributed by atoms with Gasteiger partial charge in [0.05, 0.1) is 29.7 Å².